The van der Waals surface area contributed by atoms with Crippen LogP contribution in [-0.2, 0) is 4.79 Å². The summed E-state index contributed by atoms with van der Waals surface area (Å²) in [6.07, 6.45) is 3.50. The maximum Gasteiger partial charge on any atom is 0.317 e. The number of nitrogens with zero attached hydrogens (tertiary/aromatic N) is 1. The van der Waals surface area contributed by atoms with Crippen LogP contribution in [0.15, 0.2) is 0 Å². The van der Waals surface area contributed by atoms with Crippen LogP contribution >= 0.6 is 0 Å². The van der Waals surface area contributed by atoms with Crippen molar-refractivity contribution in [2.75, 3.05) is 13.1 Å². The fourth-order valence-electron chi connectivity index (χ4n) is 2.14. The van der Waals surface area contributed by atoms with Gasteiger partial charge in [-0.15, -0.1) is 0 Å². The number of carbonyl (C=O) groups is 2. The van der Waals surface area contributed by atoms with Crippen molar-refractivity contribution in [1.29, 1.82) is 0 Å². The van der Waals surface area contributed by atoms with Crippen molar-refractivity contribution in [3.63, 3.8) is 0 Å². The lowest BCUT2D eigenvalue weighted by molar-refractivity contribution is -0.143. The van der Waals surface area contributed by atoms with Gasteiger partial charge >= 0.3 is 12.0 Å². The number of rotatable bonds is 6. The Balaban J connectivity index is 1.84. The molecule has 0 heterocycles. The molecule has 18 heavy (non-hydrogen) atoms. The number of carboxylic acids is 1. The highest BCUT2D eigenvalue weighted by Crippen LogP contribution is 2.45. The molecule has 2 N–H and O–H groups in total. The third-order valence-electron chi connectivity index (χ3n) is 3.70. The van der Waals surface area contributed by atoms with Gasteiger partial charge in [-0.25, -0.2) is 4.79 Å². The van der Waals surface area contributed by atoms with Gasteiger partial charge in [-0.3, -0.25) is 4.79 Å². The molecule has 5 heteroatoms. The minimum atomic E-state index is -0.787. The van der Waals surface area contributed by atoms with Crippen LogP contribution in [0.2, 0.25) is 0 Å². The third kappa shape index (κ3) is 2.94. The molecular weight excluding hydrogens is 232 g/mol. The molecule has 2 amide bonds. The van der Waals surface area contributed by atoms with Crippen molar-refractivity contribution >= 4 is 12.0 Å². The van der Waals surface area contributed by atoms with Gasteiger partial charge in [0.1, 0.15) is 0 Å². The molecule has 0 unspecified atom stereocenters. The van der Waals surface area contributed by atoms with Gasteiger partial charge in [0.2, 0.25) is 0 Å². The molecule has 0 radical (unpaired) electrons. The van der Waals surface area contributed by atoms with E-state index >= 15 is 0 Å². The summed E-state index contributed by atoms with van der Waals surface area (Å²) < 4.78 is 0. The molecule has 5 nitrogen and oxygen atoms in total. The molecule has 2 saturated carbocycles. The number of hydrogen-bond donors (Lipinski definition) is 2. The highest BCUT2D eigenvalue weighted by molar-refractivity contribution is 5.80. The molecule has 0 aromatic rings. The molecule has 2 aliphatic carbocycles. The summed E-state index contributed by atoms with van der Waals surface area (Å²) in [4.78, 5) is 25.0. The van der Waals surface area contributed by atoms with Gasteiger partial charge in [-0.2, -0.15) is 0 Å². The number of amides is 2. The van der Waals surface area contributed by atoms with E-state index in [1.54, 1.807) is 0 Å². The maximum absolute atomic E-state index is 12.1. The first-order valence-electron chi connectivity index (χ1n) is 6.72. The fourth-order valence-corrected chi connectivity index (χ4v) is 2.14. The fraction of sp³-hybridized carbons (Fsp3) is 0.846. The topological polar surface area (TPSA) is 69.6 Å². The number of carbonyl (C=O) groups excluding carboxylic acids is 1. The summed E-state index contributed by atoms with van der Waals surface area (Å²) in [6, 6.07) is 0.270. The Hall–Kier alpha value is -1.26. The Morgan fingerprint density at radius 2 is 2.00 bits per heavy atom. The van der Waals surface area contributed by atoms with Crippen LogP contribution in [-0.4, -0.2) is 41.1 Å². The van der Waals surface area contributed by atoms with Crippen LogP contribution in [0.3, 0.4) is 0 Å². The Labute approximate surface area is 108 Å². The lowest BCUT2D eigenvalue weighted by Gasteiger charge is -2.25. The van der Waals surface area contributed by atoms with Gasteiger partial charge in [-0.1, -0.05) is 13.8 Å². The van der Waals surface area contributed by atoms with Crippen LogP contribution in [0.25, 0.3) is 0 Å². The Morgan fingerprint density at radius 1 is 1.39 bits per heavy atom. The second kappa shape index (κ2) is 4.78. The van der Waals surface area contributed by atoms with Gasteiger partial charge < -0.3 is 15.3 Å². The summed E-state index contributed by atoms with van der Waals surface area (Å²) in [5.74, 6) is -0.352. The van der Waals surface area contributed by atoms with E-state index in [9.17, 15) is 9.59 Å². The van der Waals surface area contributed by atoms with E-state index in [1.807, 2.05) is 4.90 Å². The summed E-state index contributed by atoms with van der Waals surface area (Å²) >= 11 is 0. The standard InChI is InChI=1S/C13H22N2O3/c1-9(2)7-15(10-3-4-10)12(18)14-8-13(5-6-13)11(16)17/h9-10H,3-8H2,1-2H3,(H,14,18)(H,16,17). The SMILES string of the molecule is CC(C)CN(C(=O)NCC1(C(=O)O)CC1)C1CC1. The van der Waals surface area contributed by atoms with Crippen molar-refractivity contribution in [2.45, 2.75) is 45.6 Å². The molecule has 0 aromatic heterocycles. The van der Waals surface area contributed by atoms with E-state index in [-0.39, 0.29) is 12.6 Å². The predicted molar refractivity (Wildman–Crippen MR) is 67.3 cm³/mol. The lowest BCUT2D eigenvalue weighted by Crippen LogP contribution is -2.45. The molecule has 0 aliphatic heterocycles. The predicted octanol–water partition coefficient (Wildman–Crippen LogP) is 1.68. The van der Waals surface area contributed by atoms with Crippen molar-refractivity contribution in [1.82, 2.24) is 10.2 Å². The minimum Gasteiger partial charge on any atom is -0.481 e. The molecule has 102 valence electrons. The maximum atomic E-state index is 12.1. The first kappa shape index (κ1) is 13.2. The van der Waals surface area contributed by atoms with E-state index in [2.05, 4.69) is 19.2 Å². The number of nitrogens with one attached hydrogen (secondary N) is 1. The van der Waals surface area contributed by atoms with Crippen molar-refractivity contribution in [3.8, 4) is 0 Å². The van der Waals surface area contributed by atoms with Gasteiger partial charge in [-0.05, 0) is 31.6 Å². The van der Waals surface area contributed by atoms with Crippen LogP contribution < -0.4 is 5.32 Å². The molecule has 0 atom stereocenters. The monoisotopic (exact) mass is 254 g/mol. The first-order chi connectivity index (χ1) is 8.44. The Morgan fingerprint density at radius 3 is 2.39 bits per heavy atom. The summed E-state index contributed by atoms with van der Waals surface area (Å²) in [6.45, 7) is 5.18. The van der Waals surface area contributed by atoms with Crippen LogP contribution in [0.4, 0.5) is 4.79 Å². The second-order valence-corrected chi connectivity index (χ2v) is 6.02. The summed E-state index contributed by atoms with van der Waals surface area (Å²) in [5, 5.41) is 11.9. The normalized spacial score (nSPS) is 20.6. The molecule has 2 fully saturated rings. The van der Waals surface area contributed by atoms with Gasteiger partial charge in [0.05, 0.1) is 5.41 Å². The summed E-state index contributed by atoms with van der Waals surface area (Å²) in [5.41, 5.74) is -0.678. The van der Waals surface area contributed by atoms with Crippen LogP contribution in [0.5, 0.6) is 0 Å². The first-order valence-corrected chi connectivity index (χ1v) is 6.72. The third-order valence-corrected chi connectivity index (χ3v) is 3.70. The number of aliphatic carboxylic acids is 1. The van der Waals surface area contributed by atoms with Crippen molar-refractivity contribution in [2.24, 2.45) is 11.3 Å². The zero-order chi connectivity index (χ0) is 13.3. The zero-order valence-electron chi connectivity index (χ0n) is 11.1. The van der Waals surface area contributed by atoms with Gasteiger partial charge in [0, 0.05) is 19.1 Å². The molecule has 0 saturated heterocycles. The van der Waals surface area contributed by atoms with Gasteiger partial charge in [0.25, 0.3) is 0 Å². The average Bonchev–Trinajstić information content (AvgIpc) is 3.15. The molecule has 0 spiro atoms. The largest absolute Gasteiger partial charge is 0.481 e. The lowest BCUT2D eigenvalue weighted by atomic mass is 10.1. The van der Waals surface area contributed by atoms with Crippen LogP contribution in [0, 0.1) is 11.3 Å². The quantitative estimate of drug-likeness (QED) is 0.757. The number of hydrogen-bond acceptors (Lipinski definition) is 2. The van der Waals surface area contributed by atoms with Crippen molar-refractivity contribution in [3.05, 3.63) is 0 Å². The highest BCUT2D eigenvalue weighted by atomic mass is 16.4. The molecular formula is C13H22N2O3. The van der Waals surface area contributed by atoms with E-state index in [1.165, 1.54) is 0 Å². The number of urea groups is 1. The summed E-state index contributed by atoms with van der Waals surface area (Å²) in [7, 11) is 0. The molecule has 0 bridgehead atoms. The molecule has 0 aromatic carbocycles. The van der Waals surface area contributed by atoms with Crippen molar-refractivity contribution < 1.29 is 14.7 Å². The minimum absolute atomic E-state index is 0.0984. The molecule has 2 rings (SSSR count). The zero-order valence-corrected chi connectivity index (χ0v) is 11.1. The van der Waals surface area contributed by atoms with E-state index < -0.39 is 11.4 Å². The van der Waals surface area contributed by atoms with Gasteiger partial charge in [0.15, 0.2) is 0 Å². The second-order valence-electron chi connectivity index (χ2n) is 6.02. The highest BCUT2D eigenvalue weighted by Gasteiger charge is 2.50. The van der Waals surface area contributed by atoms with E-state index in [0.717, 1.165) is 19.4 Å². The van der Waals surface area contributed by atoms with E-state index in [4.69, 9.17) is 5.11 Å². The molecule has 2 aliphatic rings. The Bertz CT molecular complexity index is 346. The smallest absolute Gasteiger partial charge is 0.317 e. The Kier molecular flexibility index (Phi) is 3.50. The van der Waals surface area contributed by atoms with Crippen LogP contribution in [0.1, 0.15) is 39.5 Å². The number of carboxylic acid groups (broad SMARTS) is 1. The van der Waals surface area contributed by atoms with E-state index in [0.29, 0.717) is 24.8 Å². The average molecular weight is 254 g/mol.